The number of rotatable bonds is 7. The van der Waals surface area contributed by atoms with Crippen LogP contribution < -0.4 is 10.9 Å². The van der Waals surface area contributed by atoms with Crippen molar-refractivity contribution in [3.05, 3.63) is 64.4 Å². The third-order valence-electron chi connectivity index (χ3n) is 5.00. The number of aromatic nitrogens is 2. The number of nitrogens with zero attached hydrogens (tertiary/aromatic N) is 2. The first-order valence-electron chi connectivity index (χ1n) is 9.95. The molecule has 0 aliphatic heterocycles. The largest absolute Gasteiger partial charge is 0.325 e. The number of anilines is 1. The molecular formula is C23H27N3O2S. The number of benzene rings is 2. The number of amides is 1. The second-order valence-electron chi connectivity index (χ2n) is 7.42. The van der Waals surface area contributed by atoms with Crippen LogP contribution in [0.4, 0.5) is 5.69 Å². The van der Waals surface area contributed by atoms with Crippen LogP contribution in [-0.2, 0) is 4.79 Å². The zero-order chi connectivity index (χ0) is 21.0. The first-order chi connectivity index (χ1) is 13.9. The van der Waals surface area contributed by atoms with Gasteiger partial charge in [0.15, 0.2) is 5.16 Å². The van der Waals surface area contributed by atoms with Crippen molar-refractivity contribution in [2.24, 2.45) is 0 Å². The SMILES string of the molecule is CC[C@H](C)n1c(SCC(=O)Nc2ccccc2C(C)C)nc2ccccc2c1=O. The topological polar surface area (TPSA) is 64.0 Å². The van der Waals surface area contributed by atoms with E-state index >= 15 is 0 Å². The normalized spacial score (nSPS) is 12.3. The van der Waals surface area contributed by atoms with Gasteiger partial charge >= 0.3 is 0 Å². The Balaban J connectivity index is 1.85. The van der Waals surface area contributed by atoms with Gasteiger partial charge in [0.2, 0.25) is 5.91 Å². The first-order valence-corrected chi connectivity index (χ1v) is 10.9. The van der Waals surface area contributed by atoms with E-state index in [2.05, 4.69) is 24.1 Å². The molecule has 1 amide bonds. The van der Waals surface area contributed by atoms with Crippen LogP contribution in [0.15, 0.2) is 58.5 Å². The second-order valence-corrected chi connectivity index (χ2v) is 8.37. The quantitative estimate of drug-likeness (QED) is 0.429. The highest BCUT2D eigenvalue weighted by Crippen LogP contribution is 2.25. The molecule has 0 unspecified atom stereocenters. The molecule has 0 saturated carbocycles. The summed E-state index contributed by atoms with van der Waals surface area (Å²) in [5, 5.41) is 4.18. The van der Waals surface area contributed by atoms with Gasteiger partial charge in [-0.05, 0) is 43.0 Å². The van der Waals surface area contributed by atoms with Gasteiger partial charge in [-0.1, -0.05) is 62.9 Å². The average Bonchev–Trinajstić information content (AvgIpc) is 2.72. The zero-order valence-electron chi connectivity index (χ0n) is 17.3. The van der Waals surface area contributed by atoms with Crippen LogP contribution in [0, 0.1) is 0 Å². The van der Waals surface area contributed by atoms with Crippen LogP contribution in [0.1, 0.15) is 51.6 Å². The lowest BCUT2D eigenvalue weighted by Crippen LogP contribution is -2.26. The zero-order valence-corrected chi connectivity index (χ0v) is 18.1. The van der Waals surface area contributed by atoms with Crippen LogP contribution in [0.2, 0.25) is 0 Å². The van der Waals surface area contributed by atoms with E-state index < -0.39 is 0 Å². The van der Waals surface area contributed by atoms with Gasteiger partial charge in [-0.3, -0.25) is 14.2 Å². The molecule has 2 aromatic carbocycles. The Hall–Kier alpha value is -2.60. The van der Waals surface area contributed by atoms with Crippen molar-refractivity contribution in [3.63, 3.8) is 0 Å². The number of carbonyl (C=O) groups excluding carboxylic acids is 1. The Morgan fingerprint density at radius 3 is 2.52 bits per heavy atom. The van der Waals surface area contributed by atoms with Gasteiger partial charge in [0.05, 0.1) is 16.7 Å². The van der Waals surface area contributed by atoms with Crippen LogP contribution in [-0.4, -0.2) is 21.2 Å². The summed E-state index contributed by atoms with van der Waals surface area (Å²) >= 11 is 1.30. The van der Waals surface area contributed by atoms with Gasteiger partial charge in [-0.25, -0.2) is 4.98 Å². The predicted octanol–water partition coefficient (Wildman–Crippen LogP) is 5.22. The van der Waals surface area contributed by atoms with E-state index in [1.807, 2.05) is 56.3 Å². The van der Waals surface area contributed by atoms with E-state index in [9.17, 15) is 9.59 Å². The van der Waals surface area contributed by atoms with E-state index in [0.29, 0.717) is 22.0 Å². The lowest BCUT2D eigenvalue weighted by atomic mass is 10.0. The maximum atomic E-state index is 13.0. The summed E-state index contributed by atoms with van der Waals surface area (Å²) < 4.78 is 1.71. The molecule has 152 valence electrons. The van der Waals surface area contributed by atoms with Crippen molar-refractivity contribution in [3.8, 4) is 0 Å². The minimum atomic E-state index is -0.110. The molecule has 0 fully saturated rings. The van der Waals surface area contributed by atoms with Gasteiger partial charge in [0, 0.05) is 11.7 Å². The number of nitrogens with one attached hydrogen (secondary N) is 1. The average molecular weight is 410 g/mol. The molecule has 5 nitrogen and oxygen atoms in total. The first kappa shape index (κ1) is 21.1. The molecule has 0 bridgehead atoms. The fourth-order valence-corrected chi connectivity index (χ4v) is 4.13. The Kier molecular flexibility index (Phi) is 6.75. The lowest BCUT2D eigenvalue weighted by molar-refractivity contribution is -0.113. The Morgan fingerprint density at radius 2 is 1.79 bits per heavy atom. The van der Waals surface area contributed by atoms with Gasteiger partial charge in [0.1, 0.15) is 0 Å². The fourth-order valence-electron chi connectivity index (χ4n) is 3.23. The monoisotopic (exact) mass is 409 g/mol. The van der Waals surface area contributed by atoms with Crippen molar-refractivity contribution >= 4 is 34.3 Å². The van der Waals surface area contributed by atoms with Gasteiger partial charge < -0.3 is 5.32 Å². The van der Waals surface area contributed by atoms with Crippen LogP contribution in [0.5, 0.6) is 0 Å². The Morgan fingerprint density at radius 1 is 1.10 bits per heavy atom. The van der Waals surface area contributed by atoms with Gasteiger partial charge in [-0.15, -0.1) is 0 Å². The minimum Gasteiger partial charge on any atom is -0.325 e. The summed E-state index contributed by atoms with van der Waals surface area (Å²) in [5.41, 5.74) is 2.54. The number of hydrogen-bond acceptors (Lipinski definition) is 4. The number of thioether (sulfide) groups is 1. The molecule has 1 atom stereocenters. The molecule has 0 aliphatic rings. The fraction of sp³-hybridized carbons (Fsp3) is 0.348. The standard InChI is InChI=1S/C23H27N3O2S/c1-5-16(4)26-22(28)18-11-7-9-13-20(18)25-23(26)29-14-21(27)24-19-12-8-6-10-17(19)15(2)3/h6-13,15-16H,5,14H2,1-4H3,(H,24,27)/t16-/m0/s1. The number of para-hydroxylation sites is 2. The minimum absolute atomic E-state index is 0.00633. The molecule has 1 heterocycles. The lowest BCUT2D eigenvalue weighted by Gasteiger charge is -2.18. The van der Waals surface area contributed by atoms with Crippen molar-refractivity contribution in [2.75, 3.05) is 11.1 Å². The molecular weight excluding hydrogens is 382 g/mol. The summed E-state index contributed by atoms with van der Waals surface area (Å²) in [5.74, 6) is 0.395. The number of carbonyl (C=O) groups is 1. The highest BCUT2D eigenvalue weighted by molar-refractivity contribution is 7.99. The molecule has 3 aromatic rings. The van der Waals surface area contributed by atoms with E-state index in [4.69, 9.17) is 0 Å². The number of hydrogen-bond donors (Lipinski definition) is 1. The second kappa shape index (κ2) is 9.27. The smallest absolute Gasteiger partial charge is 0.262 e. The van der Waals surface area contributed by atoms with Crippen LogP contribution in [0.3, 0.4) is 0 Å². The Bertz CT molecular complexity index is 1080. The summed E-state index contributed by atoms with van der Waals surface area (Å²) in [4.78, 5) is 30.3. The summed E-state index contributed by atoms with van der Waals surface area (Å²) in [6.45, 7) is 8.24. The highest BCUT2D eigenvalue weighted by Gasteiger charge is 2.17. The highest BCUT2D eigenvalue weighted by atomic mass is 32.2. The molecule has 1 aromatic heterocycles. The van der Waals surface area contributed by atoms with Gasteiger partial charge in [-0.2, -0.15) is 0 Å². The molecule has 6 heteroatoms. The third-order valence-corrected chi connectivity index (χ3v) is 5.95. The van der Waals surface area contributed by atoms with E-state index in [1.54, 1.807) is 10.6 Å². The molecule has 0 radical (unpaired) electrons. The van der Waals surface area contributed by atoms with Crippen molar-refractivity contribution in [2.45, 2.75) is 51.2 Å². The predicted molar refractivity (Wildman–Crippen MR) is 121 cm³/mol. The maximum absolute atomic E-state index is 13.0. The third kappa shape index (κ3) is 4.70. The molecule has 1 N–H and O–H groups in total. The van der Waals surface area contributed by atoms with E-state index in [-0.39, 0.29) is 23.3 Å². The molecule has 0 spiro atoms. The van der Waals surface area contributed by atoms with Gasteiger partial charge in [0.25, 0.3) is 5.56 Å². The molecule has 0 aliphatic carbocycles. The summed E-state index contributed by atoms with van der Waals surface area (Å²) in [7, 11) is 0. The molecule has 0 saturated heterocycles. The Labute approximate surface area is 175 Å². The van der Waals surface area contributed by atoms with Crippen LogP contribution >= 0.6 is 11.8 Å². The summed E-state index contributed by atoms with van der Waals surface area (Å²) in [6.07, 6.45) is 0.807. The molecule has 3 rings (SSSR count). The number of fused-ring (bicyclic) bond motifs is 1. The van der Waals surface area contributed by atoms with E-state index in [1.165, 1.54) is 11.8 Å². The van der Waals surface area contributed by atoms with E-state index in [0.717, 1.165) is 17.7 Å². The van der Waals surface area contributed by atoms with Crippen molar-refractivity contribution in [1.29, 1.82) is 0 Å². The summed E-state index contributed by atoms with van der Waals surface area (Å²) in [6, 6.07) is 15.2. The molecule has 29 heavy (non-hydrogen) atoms. The van der Waals surface area contributed by atoms with Crippen molar-refractivity contribution < 1.29 is 4.79 Å². The van der Waals surface area contributed by atoms with Crippen molar-refractivity contribution in [1.82, 2.24) is 9.55 Å². The van der Waals surface area contributed by atoms with Crippen LogP contribution in [0.25, 0.3) is 10.9 Å². The maximum Gasteiger partial charge on any atom is 0.262 e.